The molecular weight excluding hydrogens is 268 g/mol. The lowest BCUT2D eigenvalue weighted by Crippen LogP contribution is -2.49. The number of carboxylic acid groups (broad SMARTS) is 1. The third-order valence-corrected chi connectivity index (χ3v) is 4.54. The van der Waals surface area contributed by atoms with E-state index in [0.29, 0.717) is 12.5 Å². The van der Waals surface area contributed by atoms with Gasteiger partial charge in [-0.15, -0.1) is 0 Å². The molecule has 0 bridgehead atoms. The van der Waals surface area contributed by atoms with Crippen LogP contribution in [-0.4, -0.2) is 53.1 Å². The molecule has 1 N–H and O–H groups in total. The van der Waals surface area contributed by atoms with Crippen molar-refractivity contribution in [1.29, 1.82) is 0 Å². The molecule has 1 saturated heterocycles. The molecule has 5 nitrogen and oxygen atoms in total. The van der Waals surface area contributed by atoms with Crippen molar-refractivity contribution in [2.45, 2.75) is 52.9 Å². The fourth-order valence-corrected chi connectivity index (χ4v) is 3.05. The Morgan fingerprint density at radius 2 is 1.95 bits per heavy atom. The maximum absolute atomic E-state index is 12.6. The number of nitrogens with zero attached hydrogens (tertiary/aromatic N) is 2. The highest BCUT2D eigenvalue weighted by molar-refractivity contribution is 5.74. The van der Waals surface area contributed by atoms with Crippen molar-refractivity contribution in [3.05, 3.63) is 0 Å². The zero-order chi connectivity index (χ0) is 15.8. The summed E-state index contributed by atoms with van der Waals surface area (Å²) in [5, 5.41) is 8.91. The van der Waals surface area contributed by atoms with Crippen LogP contribution in [0.3, 0.4) is 0 Å². The summed E-state index contributed by atoms with van der Waals surface area (Å²) in [5.74, 6) is -0.112. The SMILES string of the molecule is CCC(CC)CN(CC)C(=O)N1CCCC(CC(=O)O)C1. The number of piperidine rings is 1. The van der Waals surface area contributed by atoms with E-state index < -0.39 is 5.97 Å². The molecule has 1 atom stereocenters. The Kier molecular flexibility index (Phi) is 7.54. The third-order valence-electron chi connectivity index (χ3n) is 4.54. The van der Waals surface area contributed by atoms with Gasteiger partial charge < -0.3 is 14.9 Å². The van der Waals surface area contributed by atoms with Gasteiger partial charge in [-0.3, -0.25) is 4.79 Å². The molecular formula is C16H30N2O3. The zero-order valence-electron chi connectivity index (χ0n) is 13.7. The highest BCUT2D eigenvalue weighted by Crippen LogP contribution is 2.21. The Morgan fingerprint density at radius 1 is 1.29 bits per heavy atom. The first-order valence-electron chi connectivity index (χ1n) is 8.27. The van der Waals surface area contributed by atoms with Crippen molar-refractivity contribution >= 4 is 12.0 Å². The monoisotopic (exact) mass is 298 g/mol. The summed E-state index contributed by atoms with van der Waals surface area (Å²) in [6.45, 7) is 9.21. The van der Waals surface area contributed by atoms with Crippen LogP contribution in [0.25, 0.3) is 0 Å². The molecule has 1 heterocycles. The molecule has 0 aromatic carbocycles. The van der Waals surface area contributed by atoms with Gasteiger partial charge in [0.15, 0.2) is 0 Å². The summed E-state index contributed by atoms with van der Waals surface area (Å²) in [6.07, 6.45) is 4.16. The van der Waals surface area contributed by atoms with Gasteiger partial charge >= 0.3 is 12.0 Å². The Labute approximate surface area is 128 Å². The first-order valence-corrected chi connectivity index (χ1v) is 8.27. The van der Waals surface area contributed by atoms with Crippen molar-refractivity contribution in [3.63, 3.8) is 0 Å². The average molecular weight is 298 g/mol. The second-order valence-electron chi connectivity index (χ2n) is 6.06. The van der Waals surface area contributed by atoms with Crippen molar-refractivity contribution in [3.8, 4) is 0 Å². The lowest BCUT2D eigenvalue weighted by molar-refractivity contribution is -0.138. The van der Waals surface area contributed by atoms with Gasteiger partial charge in [-0.05, 0) is 31.6 Å². The molecule has 0 aromatic heterocycles. The van der Waals surface area contributed by atoms with Gasteiger partial charge in [0.1, 0.15) is 0 Å². The van der Waals surface area contributed by atoms with Crippen LogP contribution in [0.1, 0.15) is 52.9 Å². The Balaban J connectivity index is 2.60. The molecule has 1 aliphatic rings. The predicted molar refractivity (Wildman–Crippen MR) is 83.3 cm³/mol. The molecule has 0 saturated carbocycles. The normalized spacial score (nSPS) is 18.9. The maximum atomic E-state index is 12.6. The van der Waals surface area contributed by atoms with Gasteiger partial charge in [0.05, 0.1) is 0 Å². The third kappa shape index (κ3) is 5.56. The summed E-state index contributed by atoms with van der Waals surface area (Å²) >= 11 is 0. The predicted octanol–water partition coefficient (Wildman–Crippen LogP) is 3.05. The molecule has 122 valence electrons. The van der Waals surface area contributed by atoms with Gasteiger partial charge in [-0.2, -0.15) is 0 Å². The van der Waals surface area contributed by atoms with Crippen LogP contribution in [0.4, 0.5) is 4.79 Å². The van der Waals surface area contributed by atoms with Crippen molar-refractivity contribution in [1.82, 2.24) is 9.80 Å². The molecule has 1 fully saturated rings. The number of carbonyl (C=O) groups is 2. The van der Waals surface area contributed by atoms with Crippen molar-refractivity contribution in [2.75, 3.05) is 26.2 Å². The molecule has 0 aliphatic carbocycles. The zero-order valence-corrected chi connectivity index (χ0v) is 13.7. The van der Waals surface area contributed by atoms with E-state index in [0.717, 1.165) is 45.3 Å². The number of hydrogen-bond donors (Lipinski definition) is 1. The maximum Gasteiger partial charge on any atom is 0.320 e. The number of carboxylic acids is 1. The molecule has 5 heteroatoms. The highest BCUT2D eigenvalue weighted by Gasteiger charge is 2.28. The summed E-state index contributed by atoms with van der Waals surface area (Å²) in [4.78, 5) is 27.2. The van der Waals surface area contributed by atoms with Crippen LogP contribution in [0.2, 0.25) is 0 Å². The van der Waals surface area contributed by atoms with Crippen LogP contribution < -0.4 is 0 Å². The van der Waals surface area contributed by atoms with E-state index in [-0.39, 0.29) is 18.4 Å². The summed E-state index contributed by atoms with van der Waals surface area (Å²) in [5.41, 5.74) is 0. The van der Waals surface area contributed by atoms with E-state index in [2.05, 4.69) is 13.8 Å². The molecule has 1 aliphatic heterocycles. The van der Waals surface area contributed by atoms with Gasteiger partial charge in [0, 0.05) is 32.6 Å². The van der Waals surface area contributed by atoms with Crippen LogP contribution in [0.15, 0.2) is 0 Å². The first-order chi connectivity index (χ1) is 10.0. The van der Waals surface area contributed by atoms with Gasteiger partial charge in [0.2, 0.25) is 0 Å². The number of rotatable bonds is 7. The smallest absolute Gasteiger partial charge is 0.320 e. The fraction of sp³-hybridized carbons (Fsp3) is 0.875. The summed E-state index contributed by atoms with van der Waals surface area (Å²) < 4.78 is 0. The minimum Gasteiger partial charge on any atom is -0.481 e. The number of hydrogen-bond acceptors (Lipinski definition) is 2. The Hall–Kier alpha value is -1.26. The molecule has 0 radical (unpaired) electrons. The van der Waals surface area contributed by atoms with Crippen LogP contribution >= 0.6 is 0 Å². The topological polar surface area (TPSA) is 60.9 Å². The van der Waals surface area contributed by atoms with E-state index in [9.17, 15) is 9.59 Å². The lowest BCUT2D eigenvalue weighted by Gasteiger charge is -2.36. The molecule has 0 spiro atoms. The van der Waals surface area contributed by atoms with E-state index in [1.54, 1.807) is 0 Å². The standard InChI is InChI=1S/C16H30N2O3/c1-4-13(5-2)11-17(6-3)16(21)18-9-7-8-14(12-18)10-15(19)20/h13-14H,4-12H2,1-3H3,(H,19,20). The van der Waals surface area contributed by atoms with E-state index in [4.69, 9.17) is 5.11 Å². The van der Waals surface area contributed by atoms with Crippen molar-refractivity contribution in [2.24, 2.45) is 11.8 Å². The summed E-state index contributed by atoms with van der Waals surface area (Å²) in [7, 11) is 0. The van der Waals surface area contributed by atoms with Crippen molar-refractivity contribution < 1.29 is 14.7 Å². The fourth-order valence-electron chi connectivity index (χ4n) is 3.05. The second-order valence-corrected chi connectivity index (χ2v) is 6.06. The molecule has 2 amide bonds. The minimum absolute atomic E-state index is 0.0829. The number of amides is 2. The number of aliphatic carboxylic acids is 1. The second kappa shape index (κ2) is 8.90. The van der Waals surface area contributed by atoms with E-state index >= 15 is 0 Å². The first kappa shape index (κ1) is 17.8. The molecule has 21 heavy (non-hydrogen) atoms. The molecule has 1 unspecified atom stereocenters. The van der Waals surface area contributed by atoms with Crippen LogP contribution in [0.5, 0.6) is 0 Å². The highest BCUT2D eigenvalue weighted by atomic mass is 16.4. The number of carbonyl (C=O) groups excluding carboxylic acids is 1. The average Bonchev–Trinajstić information content (AvgIpc) is 2.47. The summed E-state index contributed by atoms with van der Waals surface area (Å²) in [6, 6.07) is 0.0829. The van der Waals surface area contributed by atoms with E-state index in [1.807, 2.05) is 16.7 Å². The van der Waals surface area contributed by atoms with Crippen LogP contribution in [0, 0.1) is 11.8 Å². The quantitative estimate of drug-likeness (QED) is 0.786. The Morgan fingerprint density at radius 3 is 2.48 bits per heavy atom. The van der Waals surface area contributed by atoms with E-state index in [1.165, 1.54) is 0 Å². The van der Waals surface area contributed by atoms with Gasteiger partial charge in [-0.25, -0.2) is 4.79 Å². The lowest BCUT2D eigenvalue weighted by atomic mass is 9.95. The number of likely N-dealkylation sites (tertiary alicyclic amines) is 1. The molecule has 1 rings (SSSR count). The largest absolute Gasteiger partial charge is 0.481 e. The van der Waals surface area contributed by atoms with Gasteiger partial charge in [0.25, 0.3) is 0 Å². The van der Waals surface area contributed by atoms with Crippen LogP contribution in [-0.2, 0) is 4.79 Å². The number of urea groups is 1. The van der Waals surface area contributed by atoms with Gasteiger partial charge in [-0.1, -0.05) is 26.7 Å². The molecule has 0 aromatic rings. The Bertz CT molecular complexity index is 342. The minimum atomic E-state index is -0.765.